The molecular weight excluding hydrogens is 322 g/mol. The number of carbonyl (C=O) groups excluding carboxylic acids is 1. The molecule has 0 saturated carbocycles. The van der Waals surface area contributed by atoms with Crippen molar-refractivity contribution in [3.63, 3.8) is 0 Å². The van der Waals surface area contributed by atoms with Crippen LogP contribution in [0.1, 0.15) is 46.9 Å². The topological polar surface area (TPSA) is 57.8 Å². The molecule has 0 saturated heterocycles. The first-order valence-electron chi connectivity index (χ1n) is 9.10. The van der Waals surface area contributed by atoms with Crippen molar-refractivity contribution in [3.8, 4) is 22.5 Å². The van der Waals surface area contributed by atoms with Crippen molar-refractivity contribution in [3.05, 3.63) is 65.0 Å². The number of fused-ring (bicyclic) bond motifs is 1. The highest BCUT2D eigenvalue weighted by Gasteiger charge is 2.20. The van der Waals surface area contributed by atoms with Gasteiger partial charge in [-0.25, -0.2) is 0 Å². The molecule has 0 unspecified atom stereocenters. The Balaban J connectivity index is 1.77. The maximum Gasteiger partial charge on any atom is 0.253 e. The molecular formula is C22H23N3O. The highest BCUT2D eigenvalue weighted by molar-refractivity contribution is 5.97. The van der Waals surface area contributed by atoms with Gasteiger partial charge in [0.15, 0.2) is 0 Å². The van der Waals surface area contributed by atoms with Crippen molar-refractivity contribution in [1.82, 2.24) is 15.3 Å². The minimum Gasteiger partial charge on any atom is -0.358 e. The number of pyridine rings is 1. The van der Waals surface area contributed by atoms with Crippen LogP contribution in [0.3, 0.4) is 0 Å². The van der Waals surface area contributed by atoms with E-state index in [1.165, 1.54) is 11.1 Å². The van der Waals surface area contributed by atoms with Crippen LogP contribution in [0.2, 0.25) is 0 Å². The van der Waals surface area contributed by atoms with Gasteiger partial charge < -0.3 is 10.3 Å². The summed E-state index contributed by atoms with van der Waals surface area (Å²) in [6, 6.07) is 12.6. The number of hydrogen-bond donors (Lipinski definition) is 2. The number of hydrogen-bond acceptors (Lipinski definition) is 2. The lowest BCUT2D eigenvalue weighted by molar-refractivity contribution is 0.0946. The van der Waals surface area contributed by atoms with Crippen molar-refractivity contribution in [2.24, 2.45) is 0 Å². The number of rotatable bonds is 3. The van der Waals surface area contributed by atoms with Gasteiger partial charge in [-0.3, -0.25) is 9.78 Å². The minimum absolute atomic E-state index is 0.00325. The van der Waals surface area contributed by atoms with Crippen molar-refractivity contribution < 1.29 is 4.79 Å². The third kappa shape index (κ3) is 2.92. The third-order valence-electron chi connectivity index (χ3n) is 5.08. The smallest absolute Gasteiger partial charge is 0.253 e. The zero-order valence-corrected chi connectivity index (χ0v) is 15.4. The predicted octanol–water partition coefficient (Wildman–Crippen LogP) is 4.46. The number of nitrogens with one attached hydrogen (secondary N) is 2. The van der Waals surface area contributed by atoms with Crippen LogP contribution in [0.15, 0.2) is 42.6 Å². The predicted molar refractivity (Wildman–Crippen MR) is 104 cm³/mol. The summed E-state index contributed by atoms with van der Waals surface area (Å²) >= 11 is 0. The van der Waals surface area contributed by atoms with Crippen LogP contribution in [0.4, 0.5) is 0 Å². The first kappa shape index (κ1) is 16.6. The molecule has 4 heteroatoms. The first-order valence-corrected chi connectivity index (χ1v) is 9.10. The van der Waals surface area contributed by atoms with E-state index in [-0.39, 0.29) is 5.91 Å². The van der Waals surface area contributed by atoms with E-state index < -0.39 is 0 Å². The SMILES string of the molecule is Cc1ccc(C(C)C)cc1-c1cc(-c2cc3c([nH]2)CCNC3=O)ccn1. The van der Waals surface area contributed by atoms with Gasteiger partial charge in [-0.1, -0.05) is 26.0 Å². The fraction of sp³-hybridized carbons (Fsp3) is 0.273. The van der Waals surface area contributed by atoms with Crippen LogP contribution in [-0.4, -0.2) is 22.4 Å². The molecule has 1 amide bonds. The summed E-state index contributed by atoms with van der Waals surface area (Å²) in [6.07, 6.45) is 2.68. The highest BCUT2D eigenvalue weighted by Crippen LogP contribution is 2.30. The summed E-state index contributed by atoms with van der Waals surface area (Å²) in [4.78, 5) is 20.0. The van der Waals surface area contributed by atoms with Crippen molar-refractivity contribution in [2.45, 2.75) is 33.1 Å². The largest absolute Gasteiger partial charge is 0.358 e. The van der Waals surface area contributed by atoms with Gasteiger partial charge >= 0.3 is 0 Å². The third-order valence-corrected chi connectivity index (χ3v) is 5.08. The lowest BCUT2D eigenvalue weighted by Crippen LogP contribution is -2.31. The van der Waals surface area contributed by atoms with Crippen LogP contribution in [0, 0.1) is 6.92 Å². The van der Waals surface area contributed by atoms with E-state index in [4.69, 9.17) is 0 Å². The zero-order valence-electron chi connectivity index (χ0n) is 15.4. The number of aryl methyl sites for hydroxylation is 1. The Morgan fingerprint density at radius 1 is 1.08 bits per heavy atom. The molecule has 0 bridgehead atoms. The van der Waals surface area contributed by atoms with E-state index in [2.05, 4.69) is 60.3 Å². The van der Waals surface area contributed by atoms with E-state index >= 15 is 0 Å². The number of carbonyl (C=O) groups is 1. The molecule has 1 aliphatic heterocycles. The molecule has 2 N–H and O–H groups in total. The van der Waals surface area contributed by atoms with Gasteiger partial charge in [0.25, 0.3) is 5.91 Å². The number of benzene rings is 1. The second-order valence-electron chi connectivity index (χ2n) is 7.24. The van der Waals surface area contributed by atoms with Crippen LogP contribution in [-0.2, 0) is 6.42 Å². The molecule has 0 radical (unpaired) electrons. The molecule has 1 aromatic carbocycles. The number of amides is 1. The average Bonchev–Trinajstić information content (AvgIpc) is 3.08. The molecule has 0 atom stereocenters. The van der Waals surface area contributed by atoms with Crippen LogP contribution in [0.25, 0.3) is 22.5 Å². The van der Waals surface area contributed by atoms with E-state index in [1.54, 1.807) is 0 Å². The zero-order chi connectivity index (χ0) is 18.3. The summed E-state index contributed by atoms with van der Waals surface area (Å²) in [5, 5.41) is 2.89. The Hall–Kier alpha value is -2.88. The Kier molecular flexibility index (Phi) is 4.11. The standard InChI is InChI=1S/C22H23N3O/c1-13(2)15-5-4-14(3)17(10-15)21-11-16(6-8-23-21)20-12-18-19(25-20)7-9-24-22(18)26/h4-6,8,10-13,25H,7,9H2,1-3H3,(H,24,26). The molecule has 3 aromatic rings. The maximum absolute atomic E-state index is 12.0. The first-order chi connectivity index (χ1) is 12.5. The van der Waals surface area contributed by atoms with E-state index in [9.17, 15) is 4.79 Å². The van der Waals surface area contributed by atoms with Crippen molar-refractivity contribution in [1.29, 1.82) is 0 Å². The lowest BCUT2D eigenvalue weighted by atomic mass is 9.95. The lowest BCUT2D eigenvalue weighted by Gasteiger charge is -2.12. The van der Waals surface area contributed by atoms with Gasteiger partial charge in [-0.15, -0.1) is 0 Å². The Bertz CT molecular complexity index is 985. The van der Waals surface area contributed by atoms with Crippen molar-refractivity contribution in [2.75, 3.05) is 6.54 Å². The van der Waals surface area contributed by atoms with Crippen LogP contribution in [0.5, 0.6) is 0 Å². The normalized spacial score (nSPS) is 13.6. The second kappa shape index (κ2) is 6.45. The molecule has 2 aromatic heterocycles. The molecule has 4 rings (SSSR count). The summed E-state index contributed by atoms with van der Waals surface area (Å²) in [6.45, 7) is 7.21. The van der Waals surface area contributed by atoms with Gasteiger partial charge in [0.1, 0.15) is 0 Å². The van der Waals surface area contributed by atoms with E-state index in [1.807, 2.05) is 18.3 Å². The Morgan fingerprint density at radius 2 is 1.92 bits per heavy atom. The van der Waals surface area contributed by atoms with E-state index in [0.29, 0.717) is 12.5 Å². The van der Waals surface area contributed by atoms with Gasteiger partial charge in [-0.2, -0.15) is 0 Å². The molecule has 0 spiro atoms. The Morgan fingerprint density at radius 3 is 2.69 bits per heavy atom. The summed E-state index contributed by atoms with van der Waals surface area (Å²) < 4.78 is 0. The summed E-state index contributed by atoms with van der Waals surface area (Å²) in [5.74, 6) is 0.481. The van der Waals surface area contributed by atoms with Crippen molar-refractivity contribution >= 4 is 5.91 Å². The van der Waals surface area contributed by atoms with Gasteiger partial charge in [0.05, 0.1) is 11.3 Å². The molecule has 0 aliphatic carbocycles. The fourth-order valence-electron chi connectivity index (χ4n) is 3.47. The number of aromatic nitrogens is 2. The van der Waals surface area contributed by atoms with Gasteiger partial charge in [0, 0.05) is 41.7 Å². The second-order valence-corrected chi connectivity index (χ2v) is 7.24. The van der Waals surface area contributed by atoms with Crippen LogP contribution >= 0.6 is 0 Å². The fourth-order valence-corrected chi connectivity index (χ4v) is 3.47. The van der Waals surface area contributed by atoms with Gasteiger partial charge in [-0.05, 0) is 48.2 Å². The number of nitrogens with zero attached hydrogens (tertiary/aromatic N) is 1. The van der Waals surface area contributed by atoms with Crippen LogP contribution < -0.4 is 5.32 Å². The highest BCUT2D eigenvalue weighted by atomic mass is 16.1. The molecule has 132 valence electrons. The Labute approximate surface area is 153 Å². The number of aromatic amines is 1. The van der Waals surface area contributed by atoms with E-state index in [0.717, 1.165) is 40.2 Å². The monoisotopic (exact) mass is 345 g/mol. The summed E-state index contributed by atoms with van der Waals surface area (Å²) in [5.41, 5.74) is 8.42. The molecule has 3 heterocycles. The molecule has 0 fully saturated rings. The number of H-pyrrole nitrogens is 1. The molecule has 26 heavy (non-hydrogen) atoms. The average molecular weight is 345 g/mol. The summed E-state index contributed by atoms with van der Waals surface area (Å²) in [7, 11) is 0. The maximum atomic E-state index is 12.0. The van der Waals surface area contributed by atoms with Gasteiger partial charge in [0.2, 0.25) is 0 Å². The quantitative estimate of drug-likeness (QED) is 0.736. The minimum atomic E-state index is 0.00325. The molecule has 1 aliphatic rings. The molecule has 4 nitrogen and oxygen atoms in total.